The predicted molar refractivity (Wildman–Crippen MR) is 78.7 cm³/mol. The standard InChI is InChI=1S/C12H21N5OS/c1-7(6-17(2)3)14-12-9(10(13)16-19-12)11(18)15-8-4-5-8/h7-8,14H,4-6H2,1-3H3,(H2,13,16)(H,15,18). The Hall–Kier alpha value is -1.34. The third-order valence-electron chi connectivity index (χ3n) is 2.87. The molecule has 0 saturated heterocycles. The smallest absolute Gasteiger partial charge is 0.258 e. The first kappa shape index (κ1) is 14.1. The lowest BCUT2D eigenvalue weighted by atomic mass is 10.2. The van der Waals surface area contributed by atoms with Crippen molar-refractivity contribution in [2.24, 2.45) is 0 Å². The van der Waals surface area contributed by atoms with E-state index >= 15 is 0 Å². The summed E-state index contributed by atoms with van der Waals surface area (Å²) in [6.07, 6.45) is 2.12. The Kier molecular flexibility index (Phi) is 4.26. The van der Waals surface area contributed by atoms with Gasteiger partial charge >= 0.3 is 0 Å². The third-order valence-corrected chi connectivity index (χ3v) is 3.67. The highest BCUT2D eigenvalue weighted by Gasteiger charge is 2.27. The van der Waals surface area contributed by atoms with E-state index in [0.717, 1.165) is 24.4 Å². The largest absolute Gasteiger partial charge is 0.382 e. The lowest BCUT2D eigenvalue weighted by molar-refractivity contribution is 0.0953. The quantitative estimate of drug-likeness (QED) is 0.725. The van der Waals surface area contributed by atoms with Crippen molar-refractivity contribution in [3.63, 3.8) is 0 Å². The van der Waals surface area contributed by atoms with E-state index in [1.807, 2.05) is 14.1 Å². The lowest BCUT2D eigenvalue weighted by Gasteiger charge is -2.18. The van der Waals surface area contributed by atoms with E-state index in [1.54, 1.807) is 0 Å². The Bertz CT molecular complexity index is 455. The van der Waals surface area contributed by atoms with Crippen LogP contribution < -0.4 is 16.4 Å². The van der Waals surface area contributed by atoms with E-state index in [0.29, 0.717) is 17.4 Å². The van der Waals surface area contributed by atoms with E-state index in [4.69, 9.17) is 5.73 Å². The van der Waals surface area contributed by atoms with Gasteiger partial charge in [-0.3, -0.25) is 4.79 Å². The number of hydrogen-bond acceptors (Lipinski definition) is 6. The number of carbonyl (C=O) groups is 1. The number of nitrogen functional groups attached to an aromatic ring is 1. The van der Waals surface area contributed by atoms with Crippen molar-refractivity contribution in [3.05, 3.63) is 5.56 Å². The van der Waals surface area contributed by atoms with Crippen LogP contribution in [0.2, 0.25) is 0 Å². The molecule has 1 aliphatic carbocycles. The van der Waals surface area contributed by atoms with Crippen molar-refractivity contribution >= 4 is 28.3 Å². The highest BCUT2D eigenvalue weighted by atomic mass is 32.1. The summed E-state index contributed by atoms with van der Waals surface area (Å²) in [5.74, 6) is 0.191. The van der Waals surface area contributed by atoms with Gasteiger partial charge < -0.3 is 21.3 Å². The number of rotatable bonds is 6. The van der Waals surface area contributed by atoms with E-state index in [2.05, 4.69) is 26.8 Å². The minimum absolute atomic E-state index is 0.117. The monoisotopic (exact) mass is 283 g/mol. The lowest BCUT2D eigenvalue weighted by Crippen LogP contribution is -2.31. The number of nitrogens with zero attached hydrogens (tertiary/aromatic N) is 2. The fraction of sp³-hybridized carbons (Fsp3) is 0.667. The van der Waals surface area contributed by atoms with Gasteiger partial charge in [0.25, 0.3) is 5.91 Å². The Morgan fingerprint density at radius 1 is 1.58 bits per heavy atom. The first-order valence-corrected chi connectivity index (χ1v) is 7.22. The van der Waals surface area contributed by atoms with Crippen LogP contribution in [0, 0.1) is 0 Å². The fourth-order valence-corrected chi connectivity index (χ4v) is 2.75. The molecule has 1 heterocycles. The molecular formula is C12H21N5OS. The average Bonchev–Trinajstić information content (AvgIpc) is 3.01. The number of nitrogens with two attached hydrogens (primary N) is 1. The van der Waals surface area contributed by atoms with Gasteiger partial charge in [0.1, 0.15) is 10.6 Å². The fourth-order valence-electron chi connectivity index (χ4n) is 1.92. The number of nitrogens with one attached hydrogen (secondary N) is 2. The summed E-state index contributed by atoms with van der Waals surface area (Å²) in [5.41, 5.74) is 6.29. The maximum Gasteiger partial charge on any atom is 0.258 e. The van der Waals surface area contributed by atoms with Crippen LogP contribution in [0.3, 0.4) is 0 Å². The molecule has 1 aliphatic rings. The van der Waals surface area contributed by atoms with Crippen LogP contribution in [0.4, 0.5) is 10.8 Å². The van der Waals surface area contributed by atoms with Gasteiger partial charge in [0.2, 0.25) is 0 Å². The maximum atomic E-state index is 12.1. The first-order chi connectivity index (χ1) is 8.97. The van der Waals surface area contributed by atoms with Crippen LogP contribution in [0.1, 0.15) is 30.1 Å². The molecule has 2 rings (SSSR count). The van der Waals surface area contributed by atoms with E-state index in [-0.39, 0.29) is 11.9 Å². The molecule has 1 aromatic rings. The van der Waals surface area contributed by atoms with E-state index < -0.39 is 0 Å². The Morgan fingerprint density at radius 3 is 2.84 bits per heavy atom. The van der Waals surface area contributed by atoms with Crippen LogP contribution in [0.5, 0.6) is 0 Å². The van der Waals surface area contributed by atoms with Crippen molar-refractivity contribution in [1.82, 2.24) is 14.6 Å². The molecule has 7 heteroatoms. The molecule has 6 nitrogen and oxygen atoms in total. The van der Waals surface area contributed by atoms with Gasteiger partial charge in [-0.25, -0.2) is 0 Å². The summed E-state index contributed by atoms with van der Waals surface area (Å²) in [4.78, 5) is 14.2. The second-order valence-corrected chi connectivity index (χ2v) is 6.10. The van der Waals surface area contributed by atoms with Gasteiger partial charge in [0, 0.05) is 18.6 Å². The Labute approximate surface area is 117 Å². The molecule has 0 bridgehead atoms. The predicted octanol–water partition coefficient (Wildman–Crippen LogP) is 0.980. The average molecular weight is 283 g/mol. The van der Waals surface area contributed by atoms with Crippen LogP contribution >= 0.6 is 11.5 Å². The molecule has 1 saturated carbocycles. The molecule has 0 aromatic carbocycles. The second kappa shape index (κ2) is 5.75. The van der Waals surface area contributed by atoms with Crippen LogP contribution in [0.25, 0.3) is 0 Å². The topological polar surface area (TPSA) is 83.3 Å². The highest BCUT2D eigenvalue weighted by molar-refractivity contribution is 7.11. The number of aromatic nitrogens is 1. The van der Waals surface area contributed by atoms with Crippen molar-refractivity contribution in [2.75, 3.05) is 31.7 Å². The molecule has 19 heavy (non-hydrogen) atoms. The summed E-state index contributed by atoms with van der Waals surface area (Å²) < 4.78 is 4.08. The summed E-state index contributed by atoms with van der Waals surface area (Å²) in [5, 5.41) is 7.01. The Balaban J connectivity index is 2.05. The molecule has 1 unspecified atom stereocenters. The number of anilines is 2. The van der Waals surface area contributed by atoms with Gasteiger partial charge in [-0.2, -0.15) is 4.37 Å². The van der Waals surface area contributed by atoms with Crippen LogP contribution in [-0.4, -0.2) is 47.9 Å². The number of likely N-dealkylation sites (N-methyl/N-ethyl adjacent to an activating group) is 1. The second-order valence-electron chi connectivity index (χ2n) is 5.33. The zero-order valence-electron chi connectivity index (χ0n) is 11.6. The van der Waals surface area contributed by atoms with Crippen molar-refractivity contribution in [1.29, 1.82) is 0 Å². The van der Waals surface area contributed by atoms with Crippen molar-refractivity contribution < 1.29 is 4.79 Å². The van der Waals surface area contributed by atoms with Gasteiger partial charge in [-0.15, -0.1) is 0 Å². The number of hydrogen-bond donors (Lipinski definition) is 3. The maximum absolute atomic E-state index is 12.1. The molecular weight excluding hydrogens is 262 g/mol. The van der Waals surface area contributed by atoms with Crippen LogP contribution in [-0.2, 0) is 0 Å². The first-order valence-electron chi connectivity index (χ1n) is 6.44. The summed E-state index contributed by atoms with van der Waals surface area (Å²) in [7, 11) is 4.03. The molecule has 1 fully saturated rings. The minimum atomic E-state index is -0.117. The van der Waals surface area contributed by atoms with Gasteiger partial charge in [-0.05, 0) is 45.4 Å². The van der Waals surface area contributed by atoms with Gasteiger partial charge in [0.15, 0.2) is 5.82 Å². The third kappa shape index (κ3) is 3.81. The molecule has 4 N–H and O–H groups in total. The number of carbonyl (C=O) groups excluding carboxylic acids is 1. The SMILES string of the molecule is CC(CN(C)C)Nc1snc(N)c1C(=O)NC1CC1. The molecule has 0 spiro atoms. The molecule has 1 aromatic heterocycles. The van der Waals surface area contributed by atoms with Crippen molar-refractivity contribution in [3.8, 4) is 0 Å². The Morgan fingerprint density at radius 2 is 2.26 bits per heavy atom. The van der Waals surface area contributed by atoms with Crippen LogP contribution in [0.15, 0.2) is 0 Å². The van der Waals surface area contributed by atoms with Gasteiger partial charge in [-0.1, -0.05) is 0 Å². The van der Waals surface area contributed by atoms with Crippen molar-refractivity contribution in [2.45, 2.75) is 31.8 Å². The summed E-state index contributed by atoms with van der Waals surface area (Å²) >= 11 is 1.24. The number of amides is 1. The molecule has 1 atom stereocenters. The molecule has 106 valence electrons. The van der Waals surface area contributed by atoms with E-state index in [1.165, 1.54) is 11.5 Å². The molecule has 0 radical (unpaired) electrons. The van der Waals surface area contributed by atoms with Gasteiger partial charge in [0.05, 0.1) is 0 Å². The van der Waals surface area contributed by atoms with E-state index in [9.17, 15) is 4.79 Å². The molecule has 1 amide bonds. The summed E-state index contributed by atoms with van der Waals surface area (Å²) in [6, 6.07) is 0.543. The highest BCUT2D eigenvalue weighted by Crippen LogP contribution is 2.29. The molecule has 0 aliphatic heterocycles. The summed E-state index contributed by atoms with van der Waals surface area (Å²) in [6.45, 7) is 2.94. The zero-order chi connectivity index (χ0) is 14.0. The normalized spacial score (nSPS) is 16.4. The zero-order valence-corrected chi connectivity index (χ0v) is 12.4. The minimum Gasteiger partial charge on any atom is -0.382 e.